The van der Waals surface area contributed by atoms with Crippen molar-refractivity contribution in [3.05, 3.63) is 87.6 Å². The summed E-state index contributed by atoms with van der Waals surface area (Å²) in [5, 5.41) is 19.3. The van der Waals surface area contributed by atoms with Crippen LogP contribution in [0.25, 0.3) is 22.8 Å². The molecule has 0 atom stereocenters. The molecule has 0 aliphatic rings. The maximum absolute atomic E-state index is 13.3. The van der Waals surface area contributed by atoms with Gasteiger partial charge in [-0.2, -0.15) is 18.4 Å². The zero-order chi connectivity index (χ0) is 25.3. The topological polar surface area (TPSA) is 118 Å². The normalized spacial score (nSPS) is 11.2. The van der Waals surface area contributed by atoms with Crippen molar-refractivity contribution in [2.45, 2.75) is 13.1 Å². The lowest BCUT2D eigenvalue weighted by atomic mass is 10.1. The Balaban J connectivity index is 1.99. The van der Waals surface area contributed by atoms with E-state index in [2.05, 4.69) is 20.6 Å². The van der Waals surface area contributed by atoms with Gasteiger partial charge in [0.05, 0.1) is 34.8 Å². The smallest absolute Gasteiger partial charge is 0.354 e. The highest BCUT2D eigenvalue weighted by Crippen LogP contribution is 2.31. The van der Waals surface area contributed by atoms with Crippen LogP contribution in [0.4, 0.5) is 13.2 Å². The number of nitrogens with one attached hydrogen (secondary N) is 1. The van der Waals surface area contributed by atoms with Crippen molar-refractivity contribution in [1.82, 2.24) is 29.9 Å². The Kier molecular flexibility index (Phi) is 5.92. The number of halogens is 3. The molecule has 4 rings (SSSR count). The van der Waals surface area contributed by atoms with Gasteiger partial charge in [0.1, 0.15) is 11.4 Å². The van der Waals surface area contributed by atoms with Crippen molar-refractivity contribution in [3.63, 3.8) is 0 Å². The Morgan fingerprint density at radius 1 is 1.11 bits per heavy atom. The van der Waals surface area contributed by atoms with Crippen LogP contribution < -0.4 is 10.9 Å². The van der Waals surface area contributed by atoms with Gasteiger partial charge in [-0.3, -0.25) is 14.2 Å². The Morgan fingerprint density at radius 3 is 2.46 bits per heavy atom. The van der Waals surface area contributed by atoms with Gasteiger partial charge >= 0.3 is 6.18 Å². The minimum atomic E-state index is -4.63. The third kappa shape index (κ3) is 4.26. The van der Waals surface area contributed by atoms with Crippen molar-refractivity contribution in [1.29, 1.82) is 5.26 Å². The molecule has 0 bridgehead atoms. The van der Waals surface area contributed by atoms with E-state index < -0.39 is 28.9 Å². The van der Waals surface area contributed by atoms with Crippen molar-refractivity contribution >= 4 is 5.91 Å². The molecule has 2 aromatic carbocycles. The number of alkyl halides is 3. The van der Waals surface area contributed by atoms with E-state index >= 15 is 0 Å². The number of aromatic nitrogens is 5. The third-order valence-electron chi connectivity index (χ3n) is 5.21. The molecule has 0 spiro atoms. The molecule has 0 aliphatic carbocycles. The van der Waals surface area contributed by atoms with E-state index in [1.165, 1.54) is 37.0 Å². The minimum Gasteiger partial charge on any atom is -0.354 e. The van der Waals surface area contributed by atoms with E-state index in [4.69, 9.17) is 5.26 Å². The summed E-state index contributed by atoms with van der Waals surface area (Å²) in [6.45, 7) is 1.49. The van der Waals surface area contributed by atoms with Crippen molar-refractivity contribution < 1.29 is 18.0 Å². The van der Waals surface area contributed by atoms with Crippen LogP contribution in [0.5, 0.6) is 0 Å². The fraction of sp³-hybridized carbons (Fsp3) is 0.130. The van der Waals surface area contributed by atoms with Gasteiger partial charge in [0, 0.05) is 12.7 Å². The third-order valence-corrected chi connectivity index (χ3v) is 5.21. The first-order valence-electron chi connectivity index (χ1n) is 10.1. The van der Waals surface area contributed by atoms with E-state index in [0.29, 0.717) is 11.3 Å². The SMILES string of the molecule is CNC(=O)c1nc(-c2cnnn2-c2ccc(C#N)cc2)c(C)n(-c2cccc(C(F)(F)F)c2)c1=O. The zero-order valence-corrected chi connectivity index (χ0v) is 18.3. The molecule has 0 saturated carbocycles. The van der Waals surface area contributed by atoms with Crippen molar-refractivity contribution in [2.75, 3.05) is 7.05 Å². The van der Waals surface area contributed by atoms with Crippen LogP contribution in [0.3, 0.4) is 0 Å². The summed E-state index contributed by atoms with van der Waals surface area (Å²) < 4.78 is 42.4. The number of rotatable bonds is 4. The fourth-order valence-electron chi connectivity index (χ4n) is 3.51. The summed E-state index contributed by atoms with van der Waals surface area (Å²) in [5.41, 5.74) is -0.965. The average molecular weight is 479 g/mol. The van der Waals surface area contributed by atoms with Gasteiger partial charge in [0.2, 0.25) is 0 Å². The summed E-state index contributed by atoms with van der Waals surface area (Å²) in [6, 6.07) is 12.6. The summed E-state index contributed by atoms with van der Waals surface area (Å²) >= 11 is 0. The van der Waals surface area contributed by atoms with Crippen molar-refractivity contribution in [2.24, 2.45) is 0 Å². The summed E-state index contributed by atoms with van der Waals surface area (Å²) in [4.78, 5) is 29.9. The van der Waals surface area contributed by atoms with Gasteiger partial charge < -0.3 is 5.32 Å². The van der Waals surface area contributed by atoms with Crippen LogP contribution in [0.1, 0.15) is 27.3 Å². The molecular weight excluding hydrogens is 463 g/mol. The molecule has 4 aromatic rings. The number of benzene rings is 2. The molecular formula is C23H16F3N7O2. The first-order chi connectivity index (χ1) is 16.7. The van der Waals surface area contributed by atoms with Crippen LogP contribution in [0.2, 0.25) is 0 Å². The Bertz CT molecular complexity index is 1530. The highest BCUT2D eigenvalue weighted by molar-refractivity contribution is 5.92. The molecule has 0 unspecified atom stereocenters. The lowest BCUT2D eigenvalue weighted by molar-refractivity contribution is -0.137. The molecule has 2 aromatic heterocycles. The van der Waals surface area contributed by atoms with Gasteiger partial charge in [0.15, 0.2) is 5.69 Å². The Labute approximate surface area is 196 Å². The predicted octanol–water partition coefficient (Wildman–Crippen LogP) is 3.04. The molecule has 1 amide bonds. The molecule has 9 nitrogen and oxygen atoms in total. The monoisotopic (exact) mass is 479 g/mol. The fourth-order valence-corrected chi connectivity index (χ4v) is 3.51. The summed E-state index contributed by atoms with van der Waals surface area (Å²) in [6.07, 6.45) is -3.28. The average Bonchev–Trinajstić information content (AvgIpc) is 3.33. The summed E-state index contributed by atoms with van der Waals surface area (Å²) in [5.74, 6) is -0.811. The predicted molar refractivity (Wildman–Crippen MR) is 118 cm³/mol. The number of hydrogen-bond donors (Lipinski definition) is 1. The molecule has 0 aliphatic heterocycles. The van der Waals surface area contributed by atoms with Crippen LogP contribution >= 0.6 is 0 Å². The second kappa shape index (κ2) is 8.86. The zero-order valence-electron chi connectivity index (χ0n) is 18.3. The molecule has 1 N–H and O–H groups in total. The molecule has 176 valence electrons. The minimum absolute atomic E-state index is 0.0893. The molecule has 2 heterocycles. The Morgan fingerprint density at radius 2 is 1.83 bits per heavy atom. The van der Waals surface area contributed by atoms with E-state index in [9.17, 15) is 22.8 Å². The summed E-state index contributed by atoms with van der Waals surface area (Å²) in [7, 11) is 1.31. The maximum atomic E-state index is 13.3. The molecule has 0 radical (unpaired) electrons. The van der Waals surface area contributed by atoms with Gasteiger partial charge in [-0.25, -0.2) is 9.67 Å². The number of carbonyl (C=O) groups excluding carboxylic acids is 1. The number of hydrogen-bond acceptors (Lipinski definition) is 6. The second-order valence-electron chi connectivity index (χ2n) is 7.35. The molecule has 0 saturated heterocycles. The van der Waals surface area contributed by atoms with Crippen molar-refractivity contribution in [3.8, 4) is 28.8 Å². The number of nitriles is 1. The van der Waals surface area contributed by atoms with E-state index in [1.807, 2.05) is 6.07 Å². The lowest BCUT2D eigenvalue weighted by Crippen LogP contribution is -2.34. The lowest BCUT2D eigenvalue weighted by Gasteiger charge is -2.17. The van der Waals surface area contributed by atoms with Gasteiger partial charge in [-0.1, -0.05) is 11.3 Å². The molecule has 12 heteroatoms. The first-order valence-corrected chi connectivity index (χ1v) is 10.1. The van der Waals surface area contributed by atoms with Crippen LogP contribution in [-0.2, 0) is 6.18 Å². The van der Waals surface area contributed by atoms with E-state index in [0.717, 1.165) is 16.7 Å². The first kappa shape index (κ1) is 23.4. The maximum Gasteiger partial charge on any atom is 0.416 e. The van der Waals surface area contributed by atoms with E-state index in [-0.39, 0.29) is 22.8 Å². The van der Waals surface area contributed by atoms with Gasteiger partial charge in [0.25, 0.3) is 11.5 Å². The van der Waals surface area contributed by atoms with Gasteiger partial charge in [-0.15, -0.1) is 5.10 Å². The van der Waals surface area contributed by atoms with Crippen LogP contribution in [-0.4, -0.2) is 37.5 Å². The standard InChI is InChI=1S/C23H16F3N7O2/c1-13-19(18-12-29-31-33(18)16-8-6-14(11-27)7-9-16)30-20(21(34)28-2)22(35)32(13)17-5-3-4-15(10-17)23(24,25)26/h3-10,12H,1-2H3,(H,28,34). The largest absolute Gasteiger partial charge is 0.416 e. The number of carbonyl (C=O) groups is 1. The molecule has 35 heavy (non-hydrogen) atoms. The Hall–Kier alpha value is -4.79. The van der Waals surface area contributed by atoms with E-state index in [1.54, 1.807) is 24.3 Å². The van der Waals surface area contributed by atoms with Gasteiger partial charge in [-0.05, 0) is 49.4 Å². The number of nitrogens with zero attached hydrogens (tertiary/aromatic N) is 6. The second-order valence-corrected chi connectivity index (χ2v) is 7.35. The highest BCUT2D eigenvalue weighted by Gasteiger charge is 2.31. The number of amides is 1. The molecule has 0 fully saturated rings. The van der Waals surface area contributed by atoms with Crippen LogP contribution in [0, 0.1) is 18.3 Å². The quantitative estimate of drug-likeness (QED) is 0.481. The van der Waals surface area contributed by atoms with Crippen LogP contribution in [0.15, 0.2) is 59.5 Å². The highest BCUT2D eigenvalue weighted by atomic mass is 19.4.